The number of anilines is 6. The second kappa shape index (κ2) is 17.9. The molecule has 6 heterocycles. The van der Waals surface area contributed by atoms with Crippen LogP contribution in [0.4, 0.5) is 34.1 Å². The molecule has 0 saturated heterocycles. The molecule has 0 spiro atoms. The van der Waals surface area contributed by atoms with Gasteiger partial charge in [-0.3, -0.25) is 0 Å². The molecule has 3 aliphatic heterocycles. The van der Waals surface area contributed by atoms with Gasteiger partial charge in [0.2, 0.25) is 0 Å². The molecule has 6 heteroatoms. The fraction of sp³-hybridized carbons (Fsp3) is 0.259. The van der Waals surface area contributed by atoms with E-state index in [1.807, 2.05) is 11.3 Å². The van der Waals surface area contributed by atoms with E-state index in [0.717, 1.165) is 11.4 Å². The Balaban J connectivity index is 1.000. The van der Waals surface area contributed by atoms with Gasteiger partial charge < -0.3 is 18.9 Å². The van der Waals surface area contributed by atoms with Gasteiger partial charge in [0, 0.05) is 70.2 Å². The standard InChI is InChI=1S/C81H77BN4S/c1-46-36-68-73-69(37-46)86-70-43-51(80(11,12)13)41-61-60-40-50(79(8,9)10)28-35-66(60)85(74(61)70)71-44-52(81(14,15)16)42-63(75(71)86)82(73)62-32-31-54(84-64-33-26-48(77(2,3)4)38-58(64)59-39-49(78(5,6)7)27-34-65(59)84)45-67(62)83(68)53-29-24-47(25-30-53)55-21-19-22-57-56-20-17-18-23-72(56)87-76(55)57/h17-45H,1-16H3. The minimum Gasteiger partial charge on any atom is -0.311 e. The molecule has 0 radical (unpaired) electrons. The average Bonchev–Trinajstić information content (AvgIpc) is 1.66. The number of hydrogen-bond acceptors (Lipinski definition) is 3. The Kier molecular flexibility index (Phi) is 11.1. The maximum absolute atomic E-state index is 2.71. The molecule has 0 bridgehead atoms. The van der Waals surface area contributed by atoms with Crippen molar-refractivity contribution in [2.45, 2.75) is 138 Å². The second-order valence-electron chi connectivity index (χ2n) is 30.8. The number of nitrogens with zero attached hydrogens (tertiary/aromatic N) is 4. The summed E-state index contributed by atoms with van der Waals surface area (Å²) in [6.45, 7) is 37.6. The highest BCUT2D eigenvalue weighted by Gasteiger charge is 2.47. The first kappa shape index (κ1) is 54.1. The number of fused-ring (bicyclic) bond motifs is 15. The number of rotatable bonds is 3. The summed E-state index contributed by atoms with van der Waals surface area (Å²) in [4.78, 5) is 5.34. The summed E-state index contributed by atoms with van der Waals surface area (Å²) in [5, 5.41) is 7.86. The molecule has 0 atom stereocenters. The van der Waals surface area contributed by atoms with E-state index in [1.54, 1.807) is 0 Å². The predicted molar refractivity (Wildman–Crippen MR) is 379 cm³/mol. The fourth-order valence-electron chi connectivity index (χ4n) is 14.9. The molecular weight excluding hydrogens is 1070 g/mol. The van der Waals surface area contributed by atoms with E-state index in [0.29, 0.717) is 0 Å². The van der Waals surface area contributed by atoms with Crippen molar-refractivity contribution in [3.63, 3.8) is 0 Å². The molecule has 3 aromatic heterocycles. The highest BCUT2D eigenvalue weighted by molar-refractivity contribution is 7.26. The van der Waals surface area contributed by atoms with Gasteiger partial charge in [0.15, 0.2) is 0 Å². The van der Waals surface area contributed by atoms with Crippen molar-refractivity contribution in [3.05, 3.63) is 209 Å². The van der Waals surface area contributed by atoms with E-state index in [4.69, 9.17) is 0 Å². The van der Waals surface area contributed by atoms with Crippen LogP contribution in [0.15, 0.2) is 176 Å². The van der Waals surface area contributed by atoms with Crippen molar-refractivity contribution in [1.82, 2.24) is 9.13 Å². The zero-order chi connectivity index (χ0) is 60.5. The molecule has 4 nitrogen and oxygen atoms in total. The number of benzene rings is 10. The van der Waals surface area contributed by atoms with Gasteiger partial charge in [-0.1, -0.05) is 183 Å². The Morgan fingerprint density at radius 2 is 0.874 bits per heavy atom. The van der Waals surface area contributed by atoms with E-state index in [1.165, 1.54) is 159 Å². The third-order valence-corrected chi connectivity index (χ3v) is 21.0. The summed E-state index contributed by atoms with van der Waals surface area (Å²) in [7, 11) is 0. The first-order valence-corrected chi connectivity index (χ1v) is 32.3. The van der Waals surface area contributed by atoms with Crippen molar-refractivity contribution in [3.8, 4) is 22.5 Å². The van der Waals surface area contributed by atoms with Crippen molar-refractivity contribution in [2.24, 2.45) is 0 Å². The zero-order valence-electron chi connectivity index (χ0n) is 53.5. The van der Waals surface area contributed by atoms with Gasteiger partial charge in [-0.25, -0.2) is 0 Å². The molecule has 0 unspecified atom stereocenters. The van der Waals surface area contributed by atoms with E-state index in [-0.39, 0.29) is 33.8 Å². The first-order chi connectivity index (χ1) is 41.2. The third kappa shape index (κ3) is 7.94. The number of thiophene rings is 1. The van der Waals surface area contributed by atoms with Gasteiger partial charge in [-0.2, -0.15) is 0 Å². The second-order valence-corrected chi connectivity index (χ2v) is 31.9. The molecule has 13 aromatic rings. The largest absolute Gasteiger partial charge is 0.311 e. The number of aromatic nitrogens is 2. The van der Waals surface area contributed by atoms with Crippen molar-refractivity contribution in [2.75, 3.05) is 9.80 Å². The van der Waals surface area contributed by atoms with Crippen LogP contribution >= 0.6 is 11.3 Å². The molecule has 0 aliphatic carbocycles. The van der Waals surface area contributed by atoms with E-state index < -0.39 is 0 Å². The Morgan fingerprint density at radius 3 is 1.48 bits per heavy atom. The topological polar surface area (TPSA) is 16.3 Å². The SMILES string of the molecule is Cc1cc2c3c(c1)N1c4c(cc(C(C)(C)C)cc4-n4c5ccc(C(C)(C)C)cc5c5cc(C(C)(C)C)cc1c54)B3c1ccc(-n3c4ccc(C(C)(C)C)cc4c4cc(C(C)(C)C)ccc43)cc1N2c1ccc(-c2cccc3c2sc2ccccc23)cc1. The molecule has 3 aliphatic rings. The quantitative estimate of drug-likeness (QED) is 0.164. The Labute approximate surface area is 517 Å². The molecule has 0 amide bonds. The number of hydrogen-bond donors (Lipinski definition) is 0. The molecule has 0 N–H and O–H groups in total. The molecule has 87 heavy (non-hydrogen) atoms. The van der Waals surface area contributed by atoms with E-state index in [2.05, 4.69) is 306 Å². The summed E-state index contributed by atoms with van der Waals surface area (Å²) in [5.41, 5.74) is 28.9. The summed E-state index contributed by atoms with van der Waals surface area (Å²) in [6, 6.07) is 69.7. The minimum absolute atomic E-state index is 0.00680. The Bertz CT molecular complexity index is 5070. The van der Waals surface area contributed by atoms with Crippen LogP contribution < -0.4 is 26.2 Å². The van der Waals surface area contributed by atoms with Gasteiger partial charge in [0.25, 0.3) is 6.71 Å². The van der Waals surface area contributed by atoms with Crippen molar-refractivity contribution >= 4 is 132 Å². The zero-order valence-corrected chi connectivity index (χ0v) is 54.3. The summed E-state index contributed by atoms with van der Waals surface area (Å²) in [5.74, 6) is 0. The maximum atomic E-state index is 2.71. The smallest absolute Gasteiger partial charge is 0.252 e. The normalized spacial score (nSPS) is 14.1. The van der Waals surface area contributed by atoms with Crippen LogP contribution in [0.3, 0.4) is 0 Å². The minimum atomic E-state index is -0.143. The van der Waals surface area contributed by atoms with Crippen LogP contribution in [0.5, 0.6) is 0 Å². The van der Waals surface area contributed by atoms with Crippen molar-refractivity contribution < 1.29 is 0 Å². The molecule has 0 fully saturated rings. The molecule has 16 rings (SSSR count). The molecule has 430 valence electrons. The lowest BCUT2D eigenvalue weighted by Gasteiger charge is -2.47. The number of aryl methyl sites for hydroxylation is 1. The van der Waals surface area contributed by atoms with Crippen LogP contribution in [0.25, 0.3) is 86.3 Å². The van der Waals surface area contributed by atoms with Crippen LogP contribution in [0, 0.1) is 6.92 Å². The summed E-state index contributed by atoms with van der Waals surface area (Å²) >= 11 is 1.90. The summed E-state index contributed by atoms with van der Waals surface area (Å²) < 4.78 is 7.86. The van der Waals surface area contributed by atoms with Gasteiger partial charge >= 0.3 is 0 Å². The molecular formula is C81H77BN4S. The van der Waals surface area contributed by atoms with Gasteiger partial charge in [-0.15, -0.1) is 11.3 Å². The Hall–Kier alpha value is -8.32. The lowest BCUT2D eigenvalue weighted by atomic mass is 9.33. The fourth-order valence-corrected chi connectivity index (χ4v) is 16.2. The highest BCUT2D eigenvalue weighted by atomic mass is 32.1. The third-order valence-electron chi connectivity index (χ3n) is 19.8. The summed E-state index contributed by atoms with van der Waals surface area (Å²) in [6.07, 6.45) is 0. The van der Waals surface area contributed by atoms with Crippen LogP contribution in [0.2, 0.25) is 0 Å². The van der Waals surface area contributed by atoms with Gasteiger partial charge in [0.05, 0.1) is 39.1 Å². The van der Waals surface area contributed by atoms with Gasteiger partial charge in [-0.05, 0) is 192 Å². The maximum Gasteiger partial charge on any atom is 0.252 e. The monoisotopic (exact) mass is 1150 g/mol. The van der Waals surface area contributed by atoms with E-state index >= 15 is 0 Å². The highest BCUT2D eigenvalue weighted by Crippen LogP contribution is 2.55. The molecule has 0 saturated carbocycles. The van der Waals surface area contributed by atoms with Crippen LogP contribution in [0.1, 0.15) is 137 Å². The first-order valence-electron chi connectivity index (χ1n) is 31.5. The molecule has 10 aromatic carbocycles. The van der Waals surface area contributed by atoms with Crippen LogP contribution in [-0.2, 0) is 27.1 Å². The average molecular weight is 1150 g/mol. The van der Waals surface area contributed by atoms with Crippen molar-refractivity contribution in [1.29, 1.82) is 0 Å². The van der Waals surface area contributed by atoms with Crippen LogP contribution in [-0.4, -0.2) is 15.8 Å². The predicted octanol–water partition coefficient (Wildman–Crippen LogP) is 21.1. The Morgan fingerprint density at radius 1 is 0.356 bits per heavy atom. The lowest BCUT2D eigenvalue weighted by molar-refractivity contribution is 0.590. The van der Waals surface area contributed by atoms with E-state index in [9.17, 15) is 0 Å². The lowest BCUT2D eigenvalue weighted by Crippen LogP contribution is -2.62. The van der Waals surface area contributed by atoms with Gasteiger partial charge in [0.1, 0.15) is 0 Å².